The fraction of sp³-hybridized carbons (Fsp3) is 0.263. The molecule has 0 aliphatic rings. The Morgan fingerprint density at radius 2 is 1.84 bits per heavy atom. The van der Waals surface area contributed by atoms with Gasteiger partial charge >= 0.3 is 5.97 Å². The summed E-state index contributed by atoms with van der Waals surface area (Å²) in [5, 5.41) is 11.9. The van der Waals surface area contributed by atoms with Crippen molar-refractivity contribution in [3.05, 3.63) is 70.5 Å². The van der Waals surface area contributed by atoms with E-state index in [0.29, 0.717) is 12.8 Å². The molecule has 1 atom stereocenters. The number of carbonyl (C=O) groups excluding carboxylic acids is 1. The molecule has 2 rings (SSSR count). The van der Waals surface area contributed by atoms with Crippen LogP contribution >= 0.6 is 11.6 Å². The first-order valence-corrected chi connectivity index (χ1v) is 8.31. The van der Waals surface area contributed by atoms with Crippen molar-refractivity contribution in [3.63, 3.8) is 0 Å². The van der Waals surface area contributed by atoms with Gasteiger partial charge in [0.2, 0.25) is 5.91 Å². The van der Waals surface area contributed by atoms with E-state index in [4.69, 9.17) is 16.7 Å². The van der Waals surface area contributed by atoms with Gasteiger partial charge < -0.3 is 10.4 Å². The normalized spacial score (nSPS) is 11.8. The zero-order chi connectivity index (χ0) is 18.2. The van der Waals surface area contributed by atoms with Crippen molar-refractivity contribution in [3.8, 4) is 0 Å². The summed E-state index contributed by atoms with van der Waals surface area (Å²) in [5.74, 6) is -1.85. The molecule has 0 saturated heterocycles. The van der Waals surface area contributed by atoms with E-state index in [1.807, 2.05) is 30.3 Å². The van der Waals surface area contributed by atoms with E-state index < -0.39 is 17.7 Å². The molecule has 0 saturated carbocycles. The minimum atomic E-state index is -0.926. The van der Waals surface area contributed by atoms with Gasteiger partial charge in [-0.15, -0.1) is 0 Å². The summed E-state index contributed by atoms with van der Waals surface area (Å²) < 4.78 is 13.8. The molecule has 4 nitrogen and oxygen atoms in total. The van der Waals surface area contributed by atoms with Crippen LogP contribution in [0.4, 0.5) is 4.39 Å². The van der Waals surface area contributed by atoms with E-state index in [2.05, 4.69) is 5.32 Å². The third-order valence-corrected chi connectivity index (χ3v) is 4.15. The zero-order valence-electron chi connectivity index (χ0n) is 13.5. The third kappa shape index (κ3) is 6.19. The SMILES string of the molecule is O=C(O)CCC(Cc1ccccc1)NC(=O)Cc1c(F)cccc1Cl. The number of aliphatic carboxylic acids is 1. The number of amides is 1. The predicted molar refractivity (Wildman–Crippen MR) is 94.1 cm³/mol. The van der Waals surface area contributed by atoms with Crippen molar-refractivity contribution >= 4 is 23.5 Å². The molecule has 6 heteroatoms. The quantitative estimate of drug-likeness (QED) is 0.752. The van der Waals surface area contributed by atoms with Crippen molar-refractivity contribution in [2.75, 3.05) is 0 Å². The molecule has 0 spiro atoms. The maximum atomic E-state index is 13.8. The van der Waals surface area contributed by atoms with Gasteiger partial charge in [0, 0.05) is 23.0 Å². The second kappa shape index (κ2) is 9.18. The van der Waals surface area contributed by atoms with Crippen LogP contribution in [0.15, 0.2) is 48.5 Å². The second-order valence-electron chi connectivity index (χ2n) is 5.76. The van der Waals surface area contributed by atoms with Gasteiger partial charge in [-0.05, 0) is 30.5 Å². The first kappa shape index (κ1) is 18.9. The molecule has 25 heavy (non-hydrogen) atoms. The molecule has 132 valence electrons. The Balaban J connectivity index is 2.04. The van der Waals surface area contributed by atoms with Crippen molar-refractivity contribution in [1.29, 1.82) is 0 Å². The molecule has 2 N–H and O–H groups in total. The maximum Gasteiger partial charge on any atom is 0.303 e. The van der Waals surface area contributed by atoms with Gasteiger partial charge in [0.05, 0.1) is 6.42 Å². The van der Waals surface area contributed by atoms with E-state index in [1.165, 1.54) is 18.2 Å². The maximum absolute atomic E-state index is 13.8. The fourth-order valence-corrected chi connectivity index (χ4v) is 2.79. The average molecular weight is 364 g/mol. The van der Waals surface area contributed by atoms with Crippen LogP contribution in [0.2, 0.25) is 5.02 Å². The lowest BCUT2D eigenvalue weighted by molar-refractivity contribution is -0.137. The summed E-state index contributed by atoms with van der Waals surface area (Å²) in [4.78, 5) is 23.1. The fourth-order valence-electron chi connectivity index (χ4n) is 2.56. The molecule has 0 heterocycles. The lowest BCUT2D eigenvalue weighted by Crippen LogP contribution is -2.38. The van der Waals surface area contributed by atoms with Gasteiger partial charge in [0.15, 0.2) is 0 Å². The number of carboxylic acids is 1. The van der Waals surface area contributed by atoms with Crippen molar-refractivity contribution < 1.29 is 19.1 Å². The summed E-state index contributed by atoms with van der Waals surface area (Å²) in [6.07, 6.45) is 0.550. The first-order valence-electron chi connectivity index (χ1n) is 7.93. The Labute approximate surface area is 150 Å². The number of nitrogens with one attached hydrogen (secondary N) is 1. The van der Waals surface area contributed by atoms with Crippen LogP contribution in [-0.4, -0.2) is 23.0 Å². The van der Waals surface area contributed by atoms with E-state index in [-0.39, 0.29) is 29.5 Å². The minimum absolute atomic E-state index is 0.0573. The monoisotopic (exact) mass is 363 g/mol. The Morgan fingerprint density at radius 1 is 1.12 bits per heavy atom. The summed E-state index contributed by atoms with van der Waals surface area (Å²) >= 11 is 5.94. The summed E-state index contributed by atoms with van der Waals surface area (Å²) in [6, 6.07) is 13.4. The molecule has 0 aliphatic carbocycles. The Hall–Kier alpha value is -2.40. The number of carboxylic acid groups (broad SMARTS) is 1. The van der Waals surface area contributed by atoms with Crippen LogP contribution in [0, 0.1) is 5.82 Å². The molecule has 1 amide bonds. The molecule has 1 unspecified atom stereocenters. The van der Waals surface area contributed by atoms with E-state index in [9.17, 15) is 14.0 Å². The average Bonchev–Trinajstić information content (AvgIpc) is 2.57. The van der Waals surface area contributed by atoms with Gasteiger partial charge in [-0.3, -0.25) is 9.59 Å². The Bertz CT molecular complexity index is 716. The van der Waals surface area contributed by atoms with Crippen molar-refractivity contribution in [2.24, 2.45) is 0 Å². The van der Waals surface area contributed by atoms with Crippen LogP contribution in [-0.2, 0) is 22.4 Å². The lowest BCUT2D eigenvalue weighted by atomic mass is 10.0. The van der Waals surface area contributed by atoms with Gasteiger partial charge in [-0.2, -0.15) is 0 Å². The number of rotatable bonds is 8. The van der Waals surface area contributed by atoms with E-state index in [1.54, 1.807) is 0 Å². The number of hydrogen-bond acceptors (Lipinski definition) is 2. The zero-order valence-corrected chi connectivity index (χ0v) is 14.3. The molecular formula is C19H19ClFNO3. The summed E-state index contributed by atoms with van der Waals surface area (Å²) in [6.45, 7) is 0. The van der Waals surface area contributed by atoms with E-state index in [0.717, 1.165) is 5.56 Å². The van der Waals surface area contributed by atoms with E-state index >= 15 is 0 Å². The number of benzene rings is 2. The number of hydrogen-bond donors (Lipinski definition) is 2. The highest BCUT2D eigenvalue weighted by Crippen LogP contribution is 2.19. The highest BCUT2D eigenvalue weighted by molar-refractivity contribution is 6.31. The highest BCUT2D eigenvalue weighted by atomic mass is 35.5. The summed E-state index contributed by atoms with van der Waals surface area (Å²) in [7, 11) is 0. The topological polar surface area (TPSA) is 66.4 Å². The summed E-state index contributed by atoms with van der Waals surface area (Å²) in [5.41, 5.74) is 1.13. The van der Waals surface area contributed by atoms with Crippen molar-refractivity contribution in [2.45, 2.75) is 31.7 Å². The first-order chi connectivity index (χ1) is 12.0. The van der Waals surface area contributed by atoms with Crippen LogP contribution in [0.3, 0.4) is 0 Å². The van der Waals surface area contributed by atoms with Crippen LogP contribution in [0.25, 0.3) is 0 Å². The van der Waals surface area contributed by atoms with Gasteiger partial charge in [-0.25, -0.2) is 4.39 Å². The van der Waals surface area contributed by atoms with Crippen LogP contribution < -0.4 is 5.32 Å². The van der Waals surface area contributed by atoms with Gasteiger partial charge in [0.1, 0.15) is 5.82 Å². The molecule has 0 radical (unpaired) electrons. The lowest BCUT2D eigenvalue weighted by Gasteiger charge is -2.18. The van der Waals surface area contributed by atoms with Gasteiger partial charge in [-0.1, -0.05) is 48.0 Å². The molecular weight excluding hydrogens is 345 g/mol. The third-order valence-electron chi connectivity index (χ3n) is 3.80. The second-order valence-corrected chi connectivity index (χ2v) is 6.17. The smallest absolute Gasteiger partial charge is 0.303 e. The Morgan fingerprint density at radius 3 is 2.48 bits per heavy atom. The standard InChI is InChI=1S/C19H19ClFNO3/c20-16-7-4-8-17(21)15(16)12-18(23)22-14(9-10-19(24)25)11-13-5-2-1-3-6-13/h1-8,14H,9-12H2,(H,22,23)(H,24,25). The van der Waals surface area contributed by atoms with Crippen molar-refractivity contribution in [1.82, 2.24) is 5.32 Å². The highest BCUT2D eigenvalue weighted by Gasteiger charge is 2.17. The van der Waals surface area contributed by atoms with Crippen LogP contribution in [0.5, 0.6) is 0 Å². The Kier molecular flexibility index (Phi) is 6.95. The predicted octanol–water partition coefficient (Wildman–Crippen LogP) is 3.61. The molecule has 2 aromatic carbocycles. The molecule has 0 bridgehead atoms. The molecule has 2 aromatic rings. The number of carbonyl (C=O) groups is 2. The van der Waals surface area contributed by atoms with Gasteiger partial charge in [0.25, 0.3) is 0 Å². The minimum Gasteiger partial charge on any atom is -0.481 e. The molecule has 0 aliphatic heterocycles. The molecule has 0 aromatic heterocycles. The largest absolute Gasteiger partial charge is 0.481 e. The van der Waals surface area contributed by atoms with Crippen LogP contribution in [0.1, 0.15) is 24.0 Å². The number of halogens is 2. The molecule has 0 fully saturated rings.